The molecule has 5 nitrogen and oxygen atoms in total. The van der Waals surface area contributed by atoms with Crippen LogP contribution in [0.5, 0.6) is 0 Å². The molecule has 0 saturated carbocycles. The average molecular weight is 223 g/mol. The zero-order valence-electron chi connectivity index (χ0n) is 7.50. The van der Waals surface area contributed by atoms with Gasteiger partial charge in [0.25, 0.3) is 0 Å². The van der Waals surface area contributed by atoms with Crippen LogP contribution in [0.3, 0.4) is 0 Å². The number of hydrogen-bond donors (Lipinski definition) is 1. The van der Waals surface area contributed by atoms with Crippen molar-refractivity contribution in [3.63, 3.8) is 0 Å². The molecule has 0 bridgehead atoms. The van der Waals surface area contributed by atoms with Gasteiger partial charge in [0, 0.05) is 11.7 Å². The molecule has 1 rings (SSSR count). The maximum atomic E-state index is 13.2. The standard InChI is InChI=1S/C6H9BFO5P/c1-11-2-3-5(13-14(9)10)4(8)6(7)12-3/h3-6H,2H2,1H3/p+1/t3-,4?,5?,6-/m1/s1. The Balaban J connectivity index is 2.60. The van der Waals surface area contributed by atoms with Crippen molar-refractivity contribution >= 4 is 16.1 Å². The lowest BCUT2D eigenvalue weighted by Crippen LogP contribution is -2.33. The quantitative estimate of drug-likeness (QED) is 0.532. The van der Waals surface area contributed by atoms with Crippen molar-refractivity contribution < 1.29 is 27.8 Å². The van der Waals surface area contributed by atoms with Crippen LogP contribution >= 0.6 is 8.25 Å². The molecule has 0 aliphatic carbocycles. The Bertz CT molecular complexity index is 218. The summed E-state index contributed by atoms with van der Waals surface area (Å²) in [7, 11) is 3.78. The highest BCUT2D eigenvalue weighted by Crippen LogP contribution is 2.31. The summed E-state index contributed by atoms with van der Waals surface area (Å²) in [6.45, 7) is 0.0575. The lowest BCUT2D eigenvalue weighted by Gasteiger charge is -2.12. The highest BCUT2D eigenvalue weighted by atomic mass is 31.1. The first-order chi connectivity index (χ1) is 6.56. The Morgan fingerprint density at radius 3 is 2.86 bits per heavy atom. The van der Waals surface area contributed by atoms with E-state index < -0.39 is 32.6 Å². The average Bonchev–Trinajstić information content (AvgIpc) is 2.33. The minimum atomic E-state index is -2.88. The minimum Gasteiger partial charge on any atom is -0.382 e. The topological polar surface area (TPSA) is 65.0 Å². The van der Waals surface area contributed by atoms with Gasteiger partial charge in [-0.1, -0.05) is 0 Å². The molecule has 0 aromatic carbocycles. The van der Waals surface area contributed by atoms with E-state index in [2.05, 4.69) is 4.52 Å². The van der Waals surface area contributed by atoms with Crippen LogP contribution in [-0.4, -0.2) is 50.8 Å². The van der Waals surface area contributed by atoms with Gasteiger partial charge in [0.15, 0.2) is 12.3 Å². The first kappa shape index (κ1) is 12.0. The summed E-state index contributed by atoms with van der Waals surface area (Å²) in [4.78, 5) is 8.49. The Morgan fingerprint density at radius 2 is 2.36 bits per heavy atom. The van der Waals surface area contributed by atoms with Crippen LogP contribution in [-0.2, 0) is 18.6 Å². The second-order valence-corrected chi connectivity index (χ2v) is 3.53. The fraction of sp³-hybridized carbons (Fsp3) is 1.00. The van der Waals surface area contributed by atoms with Gasteiger partial charge in [-0.15, -0.1) is 9.42 Å². The Labute approximate surface area is 82.9 Å². The highest BCUT2D eigenvalue weighted by molar-refractivity contribution is 7.32. The van der Waals surface area contributed by atoms with Crippen LogP contribution in [0.1, 0.15) is 0 Å². The molecule has 14 heavy (non-hydrogen) atoms. The molecule has 3 unspecified atom stereocenters. The monoisotopic (exact) mass is 223 g/mol. The van der Waals surface area contributed by atoms with Gasteiger partial charge >= 0.3 is 8.25 Å². The fourth-order valence-electron chi connectivity index (χ4n) is 1.27. The van der Waals surface area contributed by atoms with Crippen LogP contribution in [0, 0.1) is 0 Å². The van der Waals surface area contributed by atoms with Crippen LogP contribution in [0.25, 0.3) is 0 Å². The molecule has 1 N–H and O–H groups in total. The first-order valence-electron chi connectivity index (χ1n) is 3.93. The van der Waals surface area contributed by atoms with Crippen molar-refractivity contribution in [2.75, 3.05) is 13.7 Å². The lowest BCUT2D eigenvalue weighted by atomic mass is 9.94. The van der Waals surface area contributed by atoms with Gasteiger partial charge in [0.1, 0.15) is 14.0 Å². The molecule has 78 valence electrons. The Hall–Kier alpha value is -0.0651. The normalized spacial score (nSPS) is 38.6. The third-order valence-corrected chi connectivity index (χ3v) is 2.29. The van der Waals surface area contributed by atoms with Crippen molar-refractivity contribution in [1.29, 1.82) is 0 Å². The van der Waals surface area contributed by atoms with Gasteiger partial charge in [0.2, 0.25) is 0 Å². The van der Waals surface area contributed by atoms with Gasteiger partial charge in [0.05, 0.1) is 12.6 Å². The van der Waals surface area contributed by atoms with Crippen molar-refractivity contribution in [3.05, 3.63) is 0 Å². The molecule has 0 spiro atoms. The summed E-state index contributed by atoms with van der Waals surface area (Å²) in [5.41, 5.74) is 0. The van der Waals surface area contributed by atoms with E-state index in [9.17, 15) is 8.96 Å². The molecule has 1 heterocycles. The molecule has 0 aromatic rings. The Kier molecular flexibility index (Phi) is 4.41. The van der Waals surface area contributed by atoms with Crippen LogP contribution < -0.4 is 0 Å². The lowest BCUT2D eigenvalue weighted by molar-refractivity contribution is -0.0115. The van der Waals surface area contributed by atoms with Crippen LogP contribution in [0.15, 0.2) is 0 Å². The molecule has 2 radical (unpaired) electrons. The molecule has 0 amide bonds. The van der Waals surface area contributed by atoms with Gasteiger partial charge < -0.3 is 9.47 Å². The second-order valence-electron chi connectivity index (χ2n) is 2.85. The zero-order valence-corrected chi connectivity index (χ0v) is 8.39. The van der Waals surface area contributed by atoms with Gasteiger partial charge in [-0.2, -0.15) is 0 Å². The zero-order chi connectivity index (χ0) is 10.7. The Morgan fingerprint density at radius 1 is 1.71 bits per heavy atom. The smallest absolute Gasteiger partial charge is 0.382 e. The first-order valence-corrected chi connectivity index (χ1v) is 5.06. The summed E-state index contributed by atoms with van der Waals surface area (Å²) in [6, 6.07) is -1.14. The molecular formula is C6H10BFO5P+. The maximum absolute atomic E-state index is 13.2. The fourth-order valence-corrected chi connectivity index (χ4v) is 1.74. The molecule has 5 atom stereocenters. The number of alkyl halides is 1. The highest BCUT2D eigenvalue weighted by Gasteiger charge is 2.48. The number of rotatable bonds is 4. The van der Waals surface area contributed by atoms with Crippen molar-refractivity contribution in [1.82, 2.24) is 0 Å². The summed E-state index contributed by atoms with van der Waals surface area (Å²) in [6.07, 6.45) is -3.53. The van der Waals surface area contributed by atoms with E-state index in [1.807, 2.05) is 0 Å². The number of hydrogen-bond acceptors (Lipinski definition) is 4. The SMILES string of the molecule is [B][C@@H]1O[C@H](COC)C(O[P+](=O)O)C1F. The molecule has 1 fully saturated rings. The van der Waals surface area contributed by atoms with E-state index in [1.54, 1.807) is 0 Å². The van der Waals surface area contributed by atoms with Gasteiger partial charge in [-0.05, 0) is 0 Å². The van der Waals surface area contributed by atoms with Crippen molar-refractivity contribution in [2.24, 2.45) is 0 Å². The molecule has 1 aliphatic heterocycles. The third-order valence-electron chi connectivity index (χ3n) is 1.87. The van der Waals surface area contributed by atoms with Gasteiger partial charge in [-0.3, -0.25) is 0 Å². The predicted molar refractivity (Wildman–Crippen MR) is 45.9 cm³/mol. The van der Waals surface area contributed by atoms with Crippen molar-refractivity contribution in [3.8, 4) is 0 Å². The number of methoxy groups -OCH3 is 1. The third kappa shape index (κ3) is 2.71. The number of halogens is 1. The summed E-state index contributed by atoms with van der Waals surface area (Å²) in [5, 5.41) is 0. The molecular weight excluding hydrogens is 213 g/mol. The van der Waals surface area contributed by atoms with E-state index in [1.165, 1.54) is 7.11 Å². The van der Waals surface area contributed by atoms with Gasteiger partial charge in [-0.25, -0.2) is 4.39 Å². The summed E-state index contributed by atoms with van der Waals surface area (Å²) >= 11 is 0. The minimum absolute atomic E-state index is 0.0575. The molecule has 0 aromatic heterocycles. The van der Waals surface area contributed by atoms with E-state index >= 15 is 0 Å². The van der Waals surface area contributed by atoms with E-state index in [0.29, 0.717) is 0 Å². The van der Waals surface area contributed by atoms with E-state index in [0.717, 1.165) is 0 Å². The van der Waals surface area contributed by atoms with Crippen LogP contribution in [0.2, 0.25) is 0 Å². The maximum Gasteiger partial charge on any atom is 0.695 e. The van der Waals surface area contributed by atoms with Crippen LogP contribution in [0.4, 0.5) is 4.39 Å². The largest absolute Gasteiger partial charge is 0.695 e. The number of ether oxygens (including phenoxy) is 2. The van der Waals surface area contributed by atoms with Crippen molar-refractivity contribution in [2.45, 2.75) is 24.4 Å². The predicted octanol–water partition coefficient (Wildman–Crippen LogP) is -0.101. The summed E-state index contributed by atoms with van der Waals surface area (Å²) < 4.78 is 37.8. The summed E-state index contributed by atoms with van der Waals surface area (Å²) in [5.74, 6) is 0. The molecule has 1 aliphatic rings. The van der Waals surface area contributed by atoms with E-state index in [4.69, 9.17) is 22.2 Å². The second kappa shape index (κ2) is 5.14. The molecule has 8 heteroatoms. The van der Waals surface area contributed by atoms with E-state index in [-0.39, 0.29) is 6.61 Å². The molecule has 1 saturated heterocycles.